The largest absolute Gasteiger partial charge is 0.311 e. The summed E-state index contributed by atoms with van der Waals surface area (Å²) in [5.74, 6) is 0.761. The van der Waals surface area contributed by atoms with Gasteiger partial charge in [-0.2, -0.15) is 0 Å². The van der Waals surface area contributed by atoms with Crippen LogP contribution >= 0.6 is 0 Å². The quantitative estimate of drug-likeness (QED) is 0.803. The monoisotopic (exact) mass is 251 g/mol. The Balaban J connectivity index is 1.63. The molecule has 18 heavy (non-hydrogen) atoms. The van der Waals surface area contributed by atoms with Crippen LogP contribution in [-0.4, -0.2) is 60.6 Å². The zero-order valence-corrected chi connectivity index (χ0v) is 12.1. The van der Waals surface area contributed by atoms with Gasteiger partial charge in [0.2, 0.25) is 0 Å². The predicted molar refractivity (Wildman–Crippen MR) is 75.8 cm³/mol. The van der Waals surface area contributed by atoms with Crippen molar-refractivity contribution in [3.63, 3.8) is 0 Å². The van der Waals surface area contributed by atoms with E-state index in [9.17, 15) is 0 Å². The van der Waals surface area contributed by atoms with Crippen LogP contribution in [0.15, 0.2) is 0 Å². The Morgan fingerprint density at radius 2 is 1.78 bits per heavy atom. The summed E-state index contributed by atoms with van der Waals surface area (Å²) in [7, 11) is 0. The number of piperazine rings is 1. The van der Waals surface area contributed by atoms with E-state index in [1.54, 1.807) is 0 Å². The second-order valence-corrected chi connectivity index (χ2v) is 6.75. The van der Waals surface area contributed by atoms with Gasteiger partial charge in [0.1, 0.15) is 0 Å². The fraction of sp³-hybridized carbons (Fsp3) is 1.00. The molecular formula is C15H29N3. The third kappa shape index (κ3) is 2.45. The molecule has 0 aliphatic carbocycles. The maximum absolute atomic E-state index is 3.69. The molecule has 3 saturated heterocycles. The van der Waals surface area contributed by atoms with Crippen LogP contribution in [0.2, 0.25) is 0 Å². The van der Waals surface area contributed by atoms with Crippen LogP contribution in [0.3, 0.4) is 0 Å². The van der Waals surface area contributed by atoms with Crippen LogP contribution in [0.1, 0.15) is 39.5 Å². The summed E-state index contributed by atoms with van der Waals surface area (Å²) in [4.78, 5) is 5.57. The van der Waals surface area contributed by atoms with Crippen LogP contribution in [0.5, 0.6) is 0 Å². The number of nitrogens with zero attached hydrogens (tertiary/aromatic N) is 2. The van der Waals surface area contributed by atoms with Crippen molar-refractivity contribution in [1.82, 2.24) is 15.1 Å². The summed E-state index contributed by atoms with van der Waals surface area (Å²) >= 11 is 0. The Bertz CT molecular complexity index is 279. The minimum Gasteiger partial charge on any atom is -0.311 e. The Hall–Kier alpha value is -0.120. The van der Waals surface area contributed by atoms with Crippen molar-refractivity contribution >= 4 is 0 Å². The first kappa shape index (κ1) is 12.9. The number of fused-ring (bicyclic) bond motifs is 1. The Labute approximate surface area is 112 Å². The van der Waals surface area contributed by atoms with E-state index in [4.69, 9.17) is 0 Å². The van der Waals surface area contributed by atoms with Crippen molar-refractivity contribution in [2.45, 2.75) is 57.7 Å². The number of hydrogen-bond donors (Lipinski definition) is 1. The van der Waals surface area contributed by atoms with Gasteiger partial charge in [-0.15, -0.1) is 0 Å². The van der Waals surface area contributed by atoms with Crippen LogP contribution in [-0.2, 0) is 0 Å². The smallest absolute Gasteiger partial charge is 0.0264 e. The van der Waals surface area contributed by atoms with Crippen molar-refractivity contribution < 1.29 is 0 Å². The van der Waals surface area contributed by atoms with Crippen molar-refractivity contribution in [2.75, 3.05) is 32.7 Å². The highest BCUT2D eigenvalue weighted by atomic mass is 15.3. The van der Waals surface area contributed by atoms with E-state index in [-0.39, 0.29) is 0 Å². The molecule has 0 radical (unpaired) electrons. The van der Waals surface area contributed by atoms with Gasteiger partial charge in [-0.3, -0.25) is 9.80 Å². The molecule has 3 heterocycles. The molecule has 0 aromatic carbocycles. The lowest BCUT2D eigenvalue weighted by Crippen LogP contribution is -2.58. The SMILES string of the molecule is CC(C)C1CN(C2CCN3CCCCC23)CCN1. The van der Waals surface area contributed by atoms with Gasteiger partial charge in [0, 0.05) is 44.3 Å². The van der Waals surface area contributed by atoms with E-state index in [1.807, 2.05) is 0 Å². The maximum atomic E-state index is 3.69. The fourth-order valence-corrected chi connectivity index (χ4v) is 4.20. The van der Waals surface area contributed by atoms with Crippen molar-refractivity contribution in [2.24, 2.45) is 5.92 Å². The predicted octanol–water partition coefficient (Wildman–Crippen LogP) is 1.54. The molecule has 0 amide bonds. The molecule has 0 saturated carbocycles. The minimum absolute atomic E-state index is 0.705. The molecule has 3 atom stereocenters. The Morgan fingerprint density at radius 3 is 2.61 bits per heavy atom. The number of rotatable bonds is 2. The zero-order valence-electron chi connectivity index (χ0n) is 12.1. The molecule has 3 aliphatic rings. The van der Waals surface area contributed by atoms with Crippen LogP contribution in [0, 0.1) is 5.92 Å². The third-order valence-electron chi connectivity index (χ3n) is 5.33. The average Bonchev–Trinajstić information content (AvgIpc) is 2.82. The van der Waals surface area contributed by atoms with Gasteiger partial charge in [0.25, 0.3) is 0 Å². The van der Waals surface area contributed by atoms with Crippen molar-refractivity contribution in [3.05, 3.63) is 0 Å². The molecule has 3 nitrogen and oxygen atoms in total. The molecule has 3 fully saturated rings. The van der Waals surface area contributed by atoms with E-state index in [2.05, 4.69) is 29.0 Å². The van der Waals surface area contributed by atoms with Gasteiger partial charge in [0.05, 0.1) is 0 Å². The maximum Gasteiger partial charge on any atom is 0.0264 e. The Morgan fingerprint density at radius 1 is 0.944 bits per heavy atom. The van der Waals surface area contributed by atoms with E-state index in [0.29, 0.717) is 6.04 Å². The molecule has 3 rings (SSSR count). The molecule has 0 bridgehead atoms. The van der Waals surface area contributed by atoms with E-state index >= 15 is 0 Å². The molecule has 0 aromatic heterocycles. The molecule has 0 spiro atoms. The van der Waals surface area contributed by atoms with Crippen LogP contribution < -0.4 is 5.32 Å². The number of piperidine rings is 1. The first-order chi connectivity index (χ1) is 8.75. The molecule has 3 unspecified atom stereocenters. The molecule has 1 N–H and O–H groups in total. The van der Waals surface area contributed by atoms with E-state index < -0.39 is 0 Å². The summed E-state index contributed by atoms with van der Waals surface area (Å²) in [6, 6.07) is 2.44. The normalized spacial score (nSPS) is 39.2. The highest BCUT2D eigenvalue weighted by Crippen LogP contribution is 2.31. The zero-order chi connectivity index (χ0) is 12.5. The molecule has 104 valence electrons. The molecular weight excluding hydrogens is 222 g/mol. The summed E-state index contributed by atoms with van der Waals surface area (Å²) in [6.07, 6.45) is 5.74. The second kappa shape index (κ2) is 5.48. The van der Waals surface area contributed by atoms with Gasteiger partial charge in [0.15, 0.2) is 0 Å². The first-order valence-corrected chi connectivity index (χ1v) is 7.97. The highest BCUT2D eigenvalue weighted by molar-refractivity contribution is 4.97. The van der Waals surface area contributed by atoms with Crippen molar-refractivity contribution in [1.29, 1.82) is 0 Å². The lowest BCUT2D eigenvalue weighted by atomic mass is 9.95. The molecule has 0 aromatic rings. The number of hydrogen-bond acceptors (Lipinski definition) is 3. The summed E-state index contributed by atoms with van der Waals surface area (Å²) in [5, 5.41) is 3.69. The Kier molecular flexibility index (Phi) is 3.92. The first-order valence-electron chi connectivity index (χ1n) is 7.97. The summed E-state index contributed by atoms with van der Waals surface area (Å²) < 4.78 is 0. The van der Waals surface area contributed by atoms with Gasteiger partial charge < -0.3 is 5.32 Å². The van der Waals surface area contributed by atoms with Gasteiger partial charge in [-0.1, -0.05) is 20.3 Å². The van der Waals surface area contributed by atoms with E-state index in [0.717, 1.165) is 18.0 Å². The summed E-state index contributed by atoms with van der Waals surface area (Å²) in [6.45, 7) is 11.1. The molecule has 3 heteroatoms. The van der Waals surface area contributed by atoms with Gasteiger partial charge in [-0.05, 0) is 31.7 Å². The summed E-state index contributed by atoms with van der Waals surface area (Å²) in [5.41, 5.74) is 0. The van der Waals surface area contributed by atoms with Crippen LogP contribution in [0.25, 0.3) is 0 Å². The second-order valence-electron chi connectivity index (χ2n) is 6.75. The van der Waals surface area contributed by atoms with E-state index in [1.165, 1.54) is 58.4 Å². The third-order valence-corrected chi connectivity index (χ3v) is 5.33. The van der Waals surface area contributed by atoms with Gasteiger partial charge in [-0.25, -0.2) is 0 Å². The number of nitrogens with one attached hydrogen (secondary N) is 1. The average molecular weight is 251 g/mol. The topological polar surface area (TPSA) is 18.5 Å². The van der Waals surface area contributed by atoms with Crippen LogP contribution in [0.4, 0.5) is 0 Å². The standard InChI is InChI=1S/C15H29N3/c1-12(2)13-11-18(10-7-16-13)15-6-9-17-8-4-3-5-14(15)17/h12-16H,3-11H2,1-2H3. The lowest BCUT2D eigenvalue weighted by Gasteiger charge is -2.43. The fourth-order valence-electron chi connectivity index (χ4n) is 4.20. The minimum atomic E-state index is 0.705. The lowest BCUT2D eigenvalue weighted by molar-refractivity contribution is 0.0819. The van der Waals surface area contributed by atoms with Gasteiger partial charge >= 0.3 is 0 Å². The van der Waals surface area contributed by atoms with Crippen molar-refractivity contribution in [3.8, 4) is 0 Å². The molecule has 3 aliphatic heterocycles. The highest BCUT2D eigenvalue weighted by Gasteiger charge is 2.40.